The summed E-state index contributed by atoms with van der Waals surface area (Å²) in [6.07, 6.45) is 1.49. The van der Waals surface area contributed by atoms with E-state index in [-0.39, 0.29) is 5.75 Å². The van der Waals surface area contributed by atoms with Crippen LogP contribution in [0.25, 0.3) is 0 Å². The molecule has 0 aliphatic rings. The zero-order chi connectivity index (χ0) is 14.3. The minimum absolute atomic E-state index is 0.129. The third-order valence-electron chi connectivity index (χ3n) is 2.73. The van der Waals surface area contributed by atoms with E-state index in [1.807, 2.05) is 13.8 Å². The minimum atomic E-state index is -3.30. The molecule has 0 fully saturated rings. The van der Waals surface area contributed by atoms with Crippen molar-refractivity contribution >= 4 is 27.3 Å². The predicted molar refractivity (Wildman–Crippen MR) is 81.4 cm³/mol. The summed E-state index contributed by atoms with van der Waals surface area (Å²) in [4.78, 5) is 0. The summed E-state index contributed by atoms with van der Waals surface area (Å²) in [5, 5.41) is 3.69. The van der Waals surface area contributed by atoms with Crippen LogP contribution in [0.4, 0.5) is 5.69 Å². The van der Waals surface area contributed by atoms with Gasteiger partial charge < -0.3 is 5.32 Å². The Hall–Kier alpha value is -0.780. The third kappa shape index (κ3) is 6.27. The minimum Gasteiger partial charge on any atom is -0.317 e. The van der Waals surface area contributed by atoms with E-state index >= 15 is 0 Å². The molecule has 0 amide bonds. The fourth-order valence-electron chi connectivity index (χ4n) is 1.64. The van der Waals surface area contributed by atoms with Gasteiger partial charge in [0, 0.05) is 5.02 Å². The molecule has 19 heavy (non-hydrogen) atoms. The Morgan fingerprint density at radius 2 is 2.00 bits per heavy atom. The lowest BCUT2D eigenvalue weighted by molar-refractivity contribution is 0.593. The molecule has 0 radical (unpaired) electrons. The largest absolute Gasteiger partial charge is 0.317 e. The average Bonchev–Trinajstić information content (AvgIpc) is 2.33. The van der Waals surface area contributed by atoms with Crippen molar-refractivity contribution in [2.45, 2.75) is 26.7 Å². The first-order valence-electron chi connectivity index (χ1n) is 6.42. The molecule has 0 atom stereocenters. The van der Waals surface area contributed by atoms with E-state index in [4.69, 9.17) is 11.6 Å². The van der Waals surface area contributed by atoms with Crippen LogP contribution in [-0.4, -0.2) is 27.3 Å². The highest BCUT2D eigenvalue weighted by Gasteiger charge is 2.11. The number of anilines is 1. The normalized spacial score (nSPS) is 11.5. The van der Waals surface area contributed by atoms with Gasteiger partial charge in [0.05, 0.1) is 11.4 Å². The molecular formula is C13H21ClN2O2S. The van der Waals surface area contributed by atoms with E-state index in [2.05, 4.69) is 10.0 Å². The highest BCUT2D eigenvalue weighted by Crippen LogP contribution is 2.21. The molecule has 0 saturated heterocycles. The Bertz CT molecular complexity index is 503. The number of nitrogens with one attached hydrogen (secondary N) is 2. The number of aryl methyl sites for hydroxylation is 1. The van der Waals surface area contributed by atoms with Crippen LogP contribution in [0.2, 0.25) is 5.02 Å². The van der Waals surface area contributed by atoms with Gasteiger partial charge in [0.25, 0.3) is 0 Å². The van der Waals surface area contributed by atoms with Crippen LogP contribution >= 0.6 is 11.6 Å². The van der Waals surface area contributed by atoms with Crippen LogP contribution in [-0.2, 0) is 10.0 Å². The number of rotatable bonds is 8. The van der Waals surface area contributed by atoms with E-state index in [0.29, 0.717) is 17.1 Å². The number of sulfonamides is 1. The Labute approximate surface area is 120 Å². The number of hydrogen-bond donors (Lipinski definition) is 2. The van der Waals surface area contributed by atoms with E-state index in [0.717, 1.165) is 25.1 Å². The molecule has 1 aromatic rings. The molecule has 0 spiro atoms. The van der Waals surface area contributed by atoms with Crippen LogP contribution in [0.3, 0.4) is 0 Å². The van der Waals surface area contributed by atoms with E-state index < -0.39 is 10.0 Å². The first kappa shape index (κ1) is 16.3. The maximum atomic E-state index is 11.9. The van der Waals surface area contributed by atoms with Gasteiger partial charge in [-0.2, -0.15) is 0 Å². The van der Waals surface area contributed by atoms with Gasteiger partial charge in [-0.05, 0) is 50.6 Å². The van der Waals surface area contributed by atoms with Gasteiger partial charge >= 0.3 is 0 Å². The maximum absolute atomic E-state index is 11.9. The molecule has 0 aromatic heterocycles. The molecule has 2 N–H and O–H groups in total. The molecule has 108 valence electrons. The quantitative estimate of drug-likeness (QED) is 0.726. The van der Waals surface area contributed by atoms with Crippen LogP contribution in [0.1, 0.15) is 25.3 Å². The number of halogens is 1. The second-order valence-corrected chi connectivity index (χ2v) is 6.72. The molecule has 0 unspecified atom stereocenters. The van der Waals surface area contributed by atoms with Crippen LogP contribution in [0.15, 0.2) is 18.2 Å². The van der Waals surface area contributed by atoms with Crippen molar-refractivity contribution in [1.82, 2.24) is 5.32 Å². The van der Waals surface area contributed by atoms with E-state index in [9.17, 15) is 8.42 Å². The van der Waals surface area contributed by atoms with Gasteiger partial charge in [-0.3, -0.25) is 4.72 Å². The highest BCUT2D eigenvalue weighted by molar-refractivity contribution is 7.92. The number of unbranched alkanes of at least 4 members (excludes halogenated alkanes) is 1. The van der Waals surface area contributed by atoms with Crippen molar-refractivity contribution in [3.63, 3.8) is 0 Å². The zero-order valence-electron chi connectivity index (χ0n) is 11.4. The fourth-order valence-corrected chi connectivity index (χ4v) is 3.05. The van der Waals surface area contributed by atoms with Gasteiger partial charge in [-0.25, -0.2) is 8.42 Å². The monoisotopic (exact) mass is 304 g/mol. The summed E-state index contributed by atoms with van der Waals surface area (Å²) in [6, 6.07) is 5.17. The molecule has 4 nitrogen and oxygen atoms in total. The smallest absolute Gasteiger partial charge is 0.232 e. The first-order valence-corrected chi connectivity index (χ1v) is 8.45. The maximum Gasteiger partial charge on any atom is 0.232 e. The Morgan fingerprint density at radius 3 is 2.68 bits per heavy atom. The van der Waals surface area contributed by atoms with Crippen molar-refractivity contribution < 1.29 is 8.42 Å². The van der Waals surface area contributed by atoms with Crippen LogP contribution < -0.4 is 10.0 Å². The number of benzene rings is 1. The van der Waals surface area contributed by atoms with Gasteiger partial charge in [0.2, 0.25) is 10.0 Å². The highest BCUT2D eigenvalue weighted by atomic mass is 35.5. The Morgan fingerprint density at radius 1 is 1.26 bits per heavy atom. The lowest BCUT2D eigenvalue weighted by Crippen LogP contribution is -2.19. The second-order valence-electron chi connectivity index (χ2n) is 4.44. The second kappa shape index (κ2) is 7.72. The summed E-state index contributed by atoms with van der Waals surface area (Å²) in [5.74, 6) is 0.129. The zero-order valence-corrected chi connectivity index (χ0v) is 12.9. The standard InChI is InChI=1S/C13H21ClN2O2S/c1-3-15-8-4-5-9-19(17,18)16-13-10-12(14)7-6-11(13)2/h6-7,10,15-16H,3-5,8-9H2,1-2H3. The Balaban J connectivity index is 2.52. The molecule has 6 heteroatoms. The molecule has 1 aromatic carbocycles. The lowest BCUT2D eigenvalue weighted by atomic mass is 10.2. The van der Waals surface area contributed by atoms with Crippen molar-refractivity contribution in [3.8, 4) is 0 Å². The van der Waals surface area contributed by atoms with Crippen molar-refractivity contribution in [1.29, 1.82) is 0 Å². The van der Waals surface area contributed by atoms with E-state index in [1.165, 1.54) is 0 Å². The molecule has 0 heterocycles. The summed E-state index contributed by atoms with van der Waals surface area (Å²) in [6.45, 7) is 5.63. The van der Waals surface area contributed by atoms with Crippen molar-refractivity contribution in [2.24, 2.45) is 0 Å². The topological polar surface area (TPSA) is 58.2 Å². The van der Waals surface area contributed by atoms with Crippen molar-refractivity contribution in [2.75, 3.05) is 23.6 Å². The first-order chi connectivity index (χ1) is 8.94. The van der Waals surface area contributed by atoms with Gasteiger partial charge in [0.15, 0.2) is 0 Å². The summed E-state index contributed by atoms with van der Waals surface area (Å²) >= 11 is 5.86. The SMILES string of the molecule is CCNCCCCS(=O)(=O)Nc1cc(Cl)ccc1C. The number of hydrogen-bond acceptors (Lipinski definition) is 3. The van der Waals surface area contributed by atoms with Crippen molar-refractivity contribution in [3.05, 3.63) is 28.8 Å². The predicted octanol–water partition coefficient (Wildman–Crippen LogP) is 2.78. The lowest BCUT2D eigenvalue weighted by Gasteiger charge is -2.11. The van der Waals surface area contributed by atoms with Gasteiger partial charge in [-0.1, -0.05) is 24.6 Å². The molecular weight excluding hydrogens is 284 g/mol. The summed E-state index contributed by atoms with van der Waals surface area (Å²) in [5.41, 5.74) is 1.42. The molecule has 0 saturated carbocycles. The average molecular weight is 305 g/mol. The van der Waals surface area contributed by atoms with Crippen LogP contribution in [0.5, 0.6) is 0 Å². The molecule has 0 bridgehead atoms. The Kier molecular flexibility index (Phi) is 6.62. The molecule has 0 aliphatic carbocycles. The molecule has 0 aliphatic heterocycles. The van der Waals surface area contributed by atoms with Gasteiger partial charge in [0.1, 0.15) is 0 Å². The van der Waals surface area contributed by atoms with E-state index in [1.54, 1.807) is 18.2 Å². The summed E-state index contributed by atoms with van der Waals surface area (Å²) < 4.78 is 26.4. The third-order valence-corrected chi connectivity index (χ3v) is 4.32. The van der Waals surface area contributed by atoms with Crippen LogP contribution in [0, 0.1) is 6.92 Å². The summed E-state index contributed by atoms with van der Waals surface area (Å²) in [7, 11) is -3.30. The van der Waals surface area contributed by atoms with Gasteiger partial charge in [-0.15, -0.1) is 0 Å². The fraction of sp³-hybridized carbons (Fsp3) is 0.538. The molecule has 1 rings (SSSR count).